The number of anilines is 1. The van der Waals surface area contributed by atoms with Crippen LogP contribution in [0, 0.1) is 6.92 Å². The van der Waals surface area contributed by atoms with Gasteiger partial charge in [-0.15, -0.1) is 23.1 Å². The van der Waals surface area contributed by atoms with E-state index >= 15 is 0 Å². The first-order chi connectivity index (χ1) is 14.4. The molecule has 1 aromatic heterocycles. The summed E-state index contributed by atoms with van der Waals surface area (Å²) in [5.41, 5.74) is 3.80. The van der Waals surface area contributed by atoms with Crippen molar-refractivity contribution in [3.63, 3.8) is 0 Å². The van der Waals surface area contributed by atoms with Crippen LogP contribution in [0.15, 0.2) is 80.9 Å². The molecule has 0 aliphatic heterocycles. The molecule has 0 saturated heterocycles. The molecular weight excluding hydrogens is 438 g/mol. The monoisotopic (exact) mass is 459 g/mol. The van der Waals surface area contributed by atoms with E-state index in [1.54, 1.807) is 36.4 Å². The number of sulfonamides is 1. The molecule has 0 bridgehead atoms. The number of carbonyl (C=O) groups excluding carboxylic acids is 1. The smallest absolute Gasteiger partial charge is 0.264 e. The summed E-state index contributed by atoms with van der Waals surface area (Å²) < 4.78 is 27.7. The lowest BCUT2D eigenvalue weighted by atomic mass is 10.2. The fraction of sp³-hybridized carbons (Fsp3) is 0.143. The number of thioether (sulfide) groups is 1. The van der Waals surface area contributed by atoms with E-state index in [0.717, 1.165) is 19.6 Å². The van der Waals surface area contributed by atoms with Gasteiger partial charge in [0.1, 0.15) is 6.54 Å². The molecule has 2 aromatic carbocycles. The Morgan fingerprint density at radius 3 is 2.43 bits per heavy atom. The molecule has 30 heavy (non-hydrogen) atoms. The highest BCUT2D eigenvalue weighted by Crippen LogP contribution is 2.25. The molecule has 0 aliphatic carbocycles. The molecule has 1 amide bonds. The summed E-state index contributed by atoms with van der Waals surface area (Å²) in [5, 5.41) is 5.81. The molecule has 0 atom stereocenters. The van der Waals surface area contributed by atoms with Crippen molar-refractivity contribution in [2.75, 3.05) is 17.1 Å². The number of aryl methyl sites for hydroxylation is 1. The summed E-state index contributed by atoms with van der Waals surface area (Å²) in [6.45, 7) is 1.52. The molecule has 0 radical (unpaired) electrons. The number of thiophene rings is 1. The molecule has 156 valence electrons. The number of nitrogens with one attached hydrogen (secondary N) is 1. The Morgan fingerprint density at radius 2 is 1.83 bits per heavy atom. The molecule has 9 heteroatoms. The standard InChI is InChI=1S/C21H21N3O3S3/c1-16-5-7-17(8-6-16)24(15-21(25)23-22-14-19-4-3-13-29-19)30(26,27)20-11-9-18(28-2)10-12-20/h3-14H,15H2,1-2H3,(H,23,25)/b22-14-. The largest absolute Gasteiger partial charge is 0.271 e. The minimum Gasteiger partial charge on any atom is -0.271 e. The van der Waals surface area contributed by atoms with Crippen molar-refractivity contribution in [1.82, 2.24) is 5.43 Å². The third-order valence-electron chi connectivity index (χ3n) is 4.18. The first-order valence-corrected chi connectivity index (χ1v) is 12.5. The first-order valence-electron chi connectivity index (χ1n) is 8.99. The van der Waals surface area contributed by atoms with Gasteiger partial charge in [0.15, 0.2) is 0 Å². The van der Waals surface area contributed by atoms with Gasteiger partial charge in [-0.1, -0.05) is 23.8 Å². The van der Waals surface area contributed by atoms with E-state index < -0.39 is 22.5 Å². The number of amides is 1. The second kappa shape index (κ2) is 9.92. The molecule has 0 saturated carbocycles. The summed E-state index contributed by atoms with van der Waals surface area (Å²) in [5.74, 6) is -0.535. The fourth-order valence-corrected chi connectivity index (χ4v) is 5.01. The second-order valence-corrected chi connectivity index (χ2v) is 10.1. The van der Waals surface area contributed by atoms with Gasteiger partial charge in [0.05, 0.1) is 16.8 Å². The van der Waals surface area contributed by atoms with E-state index in [4.69, 9.17) is 0 Å². The van der Waals surface area contributed by atoms with Gasteiger partial charge in [-0.05, 0) is 61.0 Å². The molecule has 0 unspecified atom stereocenters. The topological polar surface area (TPSA) is 78.8 Å². The molecule has 1 N–H and O–H groups in total. The predicted molar refractivity (Wildman–Crippen MR) is 124 cm³/mol. The Balaban J connectivity index is 1.86. The van der Waals surface area contributed by atoms with Crippen LogP contribution in [0.5, 0.6) is 0 Å². The van der Waals surface area contributed by atoms with Gasteiger partial charge in [0.2, 0.25) is 0 Å². The number of hydrogen-bond donors (Lipinski definition) is 1. The van der Waals surface area contributed by atoms with Crippen LogP contribution in [0.4, 0.5) is 5.69 Å². The molecule has 3 rings (SSSR count). The van der Waals surface area contributed by atoms with Crippen LogP contribution in [0.25, 0.3) is 0 Å². The van der Waals surface area contributed by atoms with Crippen LogP contribution in [-0.4, -0.2) is 33.3 Å². The third-order valence-corrected chi connectivity index (χ3v) is 7.52. The molecule has 6 nitrogen and oxygen atoms in total. The summed E-state index contributed by atoms with van der Waals surface area (Å²) >= 11 is 3.01. The molecule has 0 fully saturated rings. The van der Waals surface area contributed by atoms with Gasteiger partial charge in [0.25, 0.3) is 15.9 Å². The zero-order valence-electron chi connectivity index (χ0n) is 16.5. The van der Waals surface area contributed by atoms with Gasteiger partial charge in [-0.25, -0.2) is 13.8 Å². The minimum atomic E-state index is -3.94. The number of rotatable bonds is 8. The summed E-state index contributed by atoms with van der Waals surface area (Å²) in [4.78, 5) is 14.4. The van der Waals surface area contributed by atoms with Crippen molar-refractivity contribution in [3.05, 3.63) is 76.5 Å². The maximum absolute atomic E-state index is 13.3. The number of nitrogens with zero attached hydrogens (tertiary/aromatic N) is 2. The van der Waals surface area contributed by atoms with Gasteiger partial charge < -0.3 is 0 Å². The van der Waals surface area contributed by atoms with Crippen LogP contribution in [0.1, 0.15) is 10.4 Å². The highest BCUT2D eigenvalue weighted by molar-refractivity contribution is 7.98. The van der Waals surface area contributed by atoms with Crippen LogP contribution < -0.4 is 9.73 Å². The zero-order chi connectivity index (χ0) is 21.6. The Hall–Kier alpha value is -2.62. The molecule has 0 spiro atoms. The summed E-state index contributed by atoms with van der Waals surface area (Å²) in [7, 11) is -3.94. The number of benzene rings is 2. The van der Waals surface area contributed by atoms with Crippen molar-refractivity contribution in [1.29, 1.82) is 0 Å². The summed E-state index contributed by atoms with van der Waals surface area (Å²) in [6, 6.07) is 17.3. The fourth-order valence-electron chi connectivity index (χ4n) is 2.60. The lowest BCUT2D eigenvalue weighted by Gasteiger charge is -2.24. The highest BCUT2D eigenvalue weighted by atomic mass is 32.2. The van der Waals surface area contributed by atoms with E-state index in [2.05, 4.69) is 10.5 Å². The maximum atomic E-state index is 13.3. The highest BCUT2D eigenvalue weighted by Gasteiger charge is 2.27. The average Bonchev–Trinajstić information content (AvgIpc) is 3.26. The van der Waals surface area contributed by atoms with E-state index in [9.17, 15) is 13.2 Å². The van der Waals surface area contributed by atoms with Crippen molar-refractivity contribution >= 4 is 50.9 Å². The van der Waals surface area contributed by atoms with Crippen LogP contribution in [0.3, 0.4) is 0 Å². The lowest BCUT2D eigenvalue weighted by molar-refractivity contribution is -0.119. The molecular formula is C21H21N3O3S3. The zero-order valence-corrected chi connectivity index (χ0v) is 18.9. The Morgan fingerprint density at radius 1 is 1.13 bits per heavy atom. The van der Waals surface area contributed by atoms with Crippen LogP contribution >= 0.6 is 23.1 Å². The second-order valence-electron chi connectivity index (χ2n) is 6.33. The first kappa shape index (κ1) is 22.1. The van der Waals surface area contributed by atoms with Crippen LogP contribution in [-0.2, 0) is 14.8 Å². The van der Waals surface area contributed by atoms with E-state index in [-0.39, 0.29) is 4.90 Å². The van der Waals surface area contributed by atoms with Gasteiger partial charge in [-0.3, -0.25) is 9.10 Å². The molecule has 3 aromatic rings. The van der Waals surface area contributed by atoms with Crippen molar-refractivity contribution in [3.8, 4) is 0 Å². The lowest BCUT2D eigenvalue weighted by Crippen LogP contribution is -2.39. The Labute approximate surface area is 184 Å². The normalized spacial score (nSPS) is 11.5. The van der Waals surface area contributed by atoms with Gasteiger partial charge in [-0.2, -0.15) is 5.10 Å². The van der Waals surface area contributed by atoms with E-state index in [1.165, 1.54) is 29.3 Å². The SMILES string of the molecule is CSc1ccc(S(=O)(=O)N(CC(=O)N/N=C\c2cccs2)c2ccc(C)cc2)cc1. The number of hydrazone groups is 1. The van der Waals surface area contributed by atoms with Gasteiger partial charge in [0, 0.05) is 9.77 Å². The number of hydrogen-bond acceptors (Lipinski definition) is 6. The maximum Gasteiger partial charge on any atom is 0.264 e. The minimum absolute atomic E-state index is 0.121. The Kier molecular flexibility index (Phi) is 7.30. The predicted octanol–water partition coefficient (Wildman–Crippen LogP) is 4.12. The summed E-state index contributed by atoms with van der Waals surface area (Å²) in [6.07, 6.45) is 3.44. The van der Waals surface area contributed by atoms with E-state index in [1.807, 2.05) is 42.8 Å². The van der Waals surface area contributed by atoms with Crippen molar-refractivity contribution in [2.45, 2.75) is 16.7 Å². The number of carbonyl (C=O) groups is 1. The molecule has 1 heterocycles. The third kappa shape index (κ3) is 5.50. The molecule has 0 aliphatic rings. The van der Waals surface area contributed by atoms with Gasteiger partial charge >= 0.3 is 0 Å². The quantitative estimate of drug-likeness (QED) is 0.312. The van der Waals surface area contributed by atoms with E-state index in [0.29, 0.717) is 5.69 Å². The Bertz CT molecular complexity index is 1110. The van der Waals surface area contributed by atoms with Crippen molar-refractivity contribution in [2.24, 2.45) is 5.10 Å². The van der Waals surface area contributed by atoms with Crippen molar-refractivity contribution < 1.29 is 13.2 Å². The van der Waals surface area contributed by atoms with Crippen LogP contribution in [0.2, 0.25) is 0 Å². The average molecular weight is 460 g/mol.